The van der Waals surface area contributed by atoms with Crippen molar-refractivity contribution in [2.24, 2.45) is 0 Å². The van der Waals surface area contributed by atoms with Crippen LogP contribution in [-0.2, 0) is 13.0 Å². The molecule has 0 amide bonds. The second kappa shape index (κ2) is 4.88. The highest BCUT2D eigenvalue weighted by atomic mass is 16.3. The number of aromatic nitrogens is 2. The van der Waals surface area contributed by atoms with E-state index in [1.54, 1.807) is 14.0 Å². The maximum Gasteiger partial charge on any atom is 0.254 e. The van der Waals surface area contributed by atoms with Crippen LogP contribution >= 0.6 is 0 Å². The summed E-state index contributed by atoms with van der Waals surface area (Å²) in [5, 5.41) is 11.7. The van der Waals surface area contributed by atoms with E-state index in [2.05, 4.69) is 15.3 Å². The summed E-state index contributed by atoms with van der Waals surface area (Å²) in [6, 6.07) is 0. The number of H-pyrrole nitrogens is 1. The predicted molar refractivity (Wildman–Crippen MR) is 53.1 cm³/mol. The summed E-state index contributed by atoms with van der Waals surface area (Å²) < 4.78 is 0. The van der Waals surface area contributed by atoms with Gasteiger partial charge < -0.3 is 15.4 Å². The predicted octanol–water partition coefficient (Wildman–Crippen LogP) is -0.667. The number of aliphatic hydroxyl groups is 1. The molecule has 78 valence electrons. The lowest BCUT2D eigenvalue weighted by molar-refractivity contribution is 0.298. The molecule has 1 aromatic rings. The van der Waals surface area contributed by atoms with Crippen LogP contribution in [0.3, 0.4) is 0 Å². The van der Waals surface area contributed by atoms with E-state index in [4.69, 9.17) is 5.11 Å². The number of nitrogens with one attached hydrogen (secondary N) is 2. The molecule has 1 aromatic heterocycles. The van der Waals surface area contributed by atoms with Gasteiger partial charge in [-0.1, -0.05) is 0 Å². The molecule has 0 aliphatic carbocycles. The first-order valence-corrected chi connectivity index (χ1v) is 4.53. The molecule has 0 aliphatic rings. The summed E-state index contributed by atoms with van der Waals surface area (Å²) in [6.45, 7) is 2.28. The van der Waals surface area contributed by atoms with Crippen molar-refractivity contribution < 1.29 is 5.11 Å². The number of nitrogens with zero attached hydrogens (tertiary/aromatic N) is 1. The number of hydrogen-bond acceptors (Lipinski definition) is 4. The van der Waals surface area contributed by atoms with Crippen LogP contribution in [-0.4, -0.2) is 28.7 Å². The van der Waals surface area contributed by atoms with E-state index < -0.39 is 0 Å². The van der Waals surface area contributed by atoms with Crippen molar-refractivity contribution in [3.63, 3.8) is 0 Å². The summed E-state index contributed by atoms with van der Waals surface area (Å²) in [7, 11) is 1.79. The van der Waals surface area contributed by atoms with Crippen molar-refractivity contribution >= 4 is 0 Å². The number of aromatic amines is 1. The number of aliphatic hydroxyl groups excluding tert-OH is 1. The van der Waals surface area contributed by atoms with Crippen molar-refractivity contribution in [2.45, 2.75) is 19.9 Å². The normalized spacial score (nSPS) is 10.5. The van der Waals surface area contributed by atoms with Crippen LogP contribution in [0, 0.1) is 6.92 Å². The number of rotatable bonds is 4. The van der Waals surface area contributed by atoms with E-state index in [0.29, 0.717) is 30.0 Å². The fraction of sp³-hybridized carbons (Fsp3) is 0.556. The van der Waals surface area contributed by atoms with Gasteiger partial charge in [0.2, 0.25) is 0 Å². The maximum absolute atomic E-state index is 11.5. The lowest BCUT2D eigenvalue weighted by Gasteiger charge is -2.05. The smallest absolute Gasteiger partial charge is 0.254 e. The second-order valence-electron chi connectivity index (χ2n) is 3.08. The van der Waals surface area contributed by atoms with Crippen molar-refractivity contribution in [3.8, 4) is 0 Å². The molecule has 3 N–H and O–H groups in total. The van der Waals surface area contributed by atoms with Gasteiger partial charge in [-0.25, -0.2) is 4.98 Å². The van der Waals surface area contributed by atoms with E-state index in [9.17, 15) is 4.79 Å². The largest absolute Gasteiger partial charge is 0.396 e. The number of hydrogen-bond donors (Lipinski definition) is 3. The topological polar surface area (TPSA) is 78.0 Å². The van der Waals surface area contributed by atoms with Gasteiger partial charge in [-0.2, -0.15) is 0 Å². The van der Waals surface area contributed by atoms with Crippen molar-refractivity contribution in [3.05, 3.63) is 27.4 Å². The molecule has 1 heterocycles. The third-order valence-electron chi connectivity index (χ3n) is 1.98. The molecule has 0 fully saturated rings. The highest BCUT2D eigenvalue weighted by molar-refractivity contribution is 5.16. The minimum absolute atomic E-state index is 0.0308. The van der Waals surface area contributed by atoms with E-state index in [0.717, 1.165) is 0 Å². The van der Waals surface area contributed by atoms with E-state index in [-0.39, 0.29) is 12.2 Å². The van der Waals surface area contributed by atoms with Crippen LogP contribution in [0.15, 0.2) is 4.79 Å². The van der Waals surface area contributed by atoms with Gasteiger partial charge in [-0.3, -0.25) is 4.79 Å². The lowest BCUT2D eigenvalue weighted by atomic mass is 10.2. The van der Waals surface area contributed by atoms with Crippen LogP contribution in [0.25, 0.3) is 0 Å². The number of aryl methyl sites for hydroxylation is 1. The third-order valence-corrected chi connectivity index (χ3v) is 1.98. The highest BCUT2D eigenvalue weighted by Gasteiger charge is 2.06. The van der Waals surface area contributed by atoms with Crippen molar-refractivity contribution in [2.75, 3.05) is 13.7 Å². The summed E-state index contributed by atoms with van der Waals surface area (Å²) >= 11 is 0. The van der Waals surface area contributed by atoms with Gasteiger partial charge in [0.25, 0.3) is 5.56 Å². The quantitative estimate of drug-likeness (QED) is 0.598. The first-order chi connectivity index (χ1) is 6.69. The van der Waals surface area contributed by atoms with Crippen LogP contribution in [0.4, 0.5) is 0 Å². The van der Waals surface area contributed by atoms with Gasteiger partial charge in [-0.05, 0) is 14.0 Å². The van der Waals surface area contributed by atoms with Crippen molar-refractivity contribution in [1.29, 1.82) is 0 Å². The van der Waals surface area contributed by atoms with E-state index in [1.165, 1.54) is 0 Å². The molecule has 0 bridgehead atoms. The Hall–Kier alpha value is -1.20. The SMILES string of the molecule is CNCc1nc(C)c(CCO)c(=O)[nH]1. The van der Waals surface area contributed by atoms with Crippen molar-refractivity contribution in [1.82, 2.24) is 15.3 Å². The second-order valence-corrected chi connectivity index (χ2v) is 3.08. The van der Waals surface area contributed by atoms with Gasteiger partial charge in [0.05, 0.1) is 6.54 Å². The molecule has 0 atom stereocenters. The van der Waals surface area contributed by atoms with Gasteiger partial charge in [0.15, 0.2) is 0 Å². The Morgan fingerprint density at radius 2 is 2.29 bits per heavy atom. The molecule has 1 rings (SSSR count). The molecule has 0 radical (unpaired) electrons. The Kier molecular flexibility index (Phi) is 3.79. The minimum atomic E-state index is -0.156. The fourth-order valence-corrected chi connectivity index (χ4v) is 1.33. The van der Waals surface area contributed by atoms with Gasteiger partial charge in [0.1, 0.15) is 5.82 Å². The van der Waals surface area contributed by atoms with Crippen LogP contribution in [0.2, 0.25) is 0 Å². The summed E-state index contributed by atoms with van der Waals surface area (Å²) in [4.78, 5) is 18.4. The Labute approximate surface area is 82.2 Å². The van der Waals surface area contributed by atoms with Crippen LogP contribution < -0.4 is 10.9 Å². The molecular weight excluding hydrogens is 182 g/mol. The zero-order chi connectivity index (χ0) is 10.6. The highest BCUT2D eigenvalue weighted by Crippen LogP contribution is 1.99. The molecule has 5 heteroatoms. The molecule has 0 saturated heterocycles. The molecular formula is C9H15N3O2. The van der Waals surface area contributed by atoms with Gasteiger partial charge in [-0.15, -0.1) is 0 Å². The Morgan fingerprint density at radius 1 is 1.57 bits per heavy atom. The van der Waals surface area contributed by atoms with Gasteiger partial charge in [0, 0.05) is 24.3 Å². The fourth-order valence-electron chi connectivity index (χ4n) is 1.33. The minimum Gasteiger partial charge on any atom is -0.396 e. The van der Waals surface area contributed by atoms with E-state index in [1.807, 2.05) is 0 Å². The zero-order valence-electron chi connectivity index (χ0n) is 8.42. The lowest BCUT2D eigenvalue weighted by Crippen LogP contribution is -2.22. The first-order valence-electron chi connectivity index (χ1n) is 4.53. The third kappa shape index (κ3) is 2.40. The maximum atomic E-state index is 11.5. The molecule has 0 spiro atoms. The van der Waals surface area contributed by atoms with Crippen LogP contribution in [0.5, 0.6) is 0 Å². The summed E-state index contributed by atoms with van der Waals surface area (Å²) in [6.07, 6.45) is 0.355. The Balaban J connectivity index is 3.05. The average molecular weight is 197 g/mol. The Morgan fingerprint density at radius 3 is 2.79 bits per heavy atom. The molecule has 0 aromatic carbocycles. The molecule has 5 nitrogen and oxygen atoms in total. The monoisotopic (exact) mass is 197 g/mol. The average Bonchev–Trinajstić information content (AvgIpc) is 2.12. The summed E-state index contributed by atoms with van der Waals surface area (Å²) in [5.74, 6) is 0.622. The summed E-state index contributed by atoms with van der Waals surface area (Å²) in [5.41, 5.74) is 1.09. The molecule has 14 heavy (non-hydrogen) atoms. The van der Waals surface area contributed by atoms with Crippen LogP contribution in [0.1, 0.15) is 17.1 Å². The molecule has 0 unspecified atom stereocenters. The molecule has 0 saturated carbocycles. The molecule has 0 aliphatic heterocycles. The standard InChI is InChI=1S/C9H15N3O2/c1-6-7(3-4-13)9(14)12-8(11-6)5-10-2/h10,13H,3-5H2,1-2H3,(H,11,12,14). The Bertz CT molecular complexity index is 360. The van der Waals surface area contributed by atoms with Gasteiger partial charge >= 0.3 is 0 Å². The van der Waals surface area contributed by atoms with E-state index >= 15 is 0 Å². The zero-order valence-corrected chi connectivity index (χ0v) is 8.42. The first kappa shape index (κ1) is 10.9.